The Bertz CT molecular complexity index is 1750. The van der Waals surface area contributed by atoms with E-state index < -0.39 is 11.7 Å². The molecule has 56 heavy (non-hydrogen) atoms. The van der Waals surface area contributed by atoms with Gasteiger partial charge in [0, 0.05) is 47.6 Å². The summed E-state index contributed by atoms with van der Waals surface area (Å²) in [6.07, 6.45) is 9.83. The van der Waals surface area contributed by atoms with E-state index in [1.807, 2.05) is 126 Å². The summed E-state index contributed by atoms with van der Waals surface area (Å²) >= 11 is 13.0. The summed E-state index contributed by atoms with van der Waals surface area (Å²) in [5.74, 6) is 3.65. The number of hydrogen-bond acceptors (Lipinski definition) is 7. The van der Waals surface area contributed by atoms with Crippen LogP contribution < -0.4 is 15.5 Å². The van der Waals surface area contributed by atoms with Crippen molar-refractivity contribution < 1.29 is 19.1 Å². The van der Waals surface area contributed by atoms with Crippen LogP contribution in [0.3, 0.4) is 0 Å². The van der Waals surface area contributed by atoms with E-state index in [1.54, 1.807) is 0 Å². The van der Waals surface area contributed by atoms with Crippen molar-refractivity contribution in [3.63, 3.8) is 0 Å². The number of ether oxygens (including phenoxy) is 1. The zero-order valence-corrected chi connectivity index (χ0v) is 36.7. The molecule has 0 spiro atoms. The average Bonchev–Trinajstić information content (AvgIpc) is 3.79. The van der Waals surface area contributed by atoms with E-state index in [-0.39, 0.29) is 5.91 Å². The number of alkyl carbamates (subject to hydrolysis) is 1. The van der Waals surface area contributed by atoms with Crippen molar-refractivity contribution in [3.8, 4) is 12.3 Å². The highest BCUT2D eigenvalue weighted by Crippen LogP contribution is 2.25. The van der Waals surface area contributed by atoms with Gasteiger partial charge >= 0.3 is 6.09 Å². The molecule has 9 nitrogen and oxygen atoms in total. The van der Waals surface area contributed by atoms with Crippen LogP contribution in [0.2, 0.25) is 10.0 Å². The summed E-state index contributed by atoms with van der Waals surface area (Å²) in [6.45, 7) is 18.8. The molecule has 2 unspecified atom stereocenters. The number of carbonyl (C=O) groups is 3. The number of halogens is 2. The van der Waals surface area contributed by atoms with Gasteiger partial charge in [-0.1, -0.05) is 112 Å². The molecule has 3 amide bonds. The van der Waals surface area contributed by atoms with Crippen LogP contribution in [0.15, 0.2) is 72.8 Å². The standard InChI is InChI=1S/C17H24N2O3.C12H13Cl.C11H10ClN3OS.2C2H6/c1-12-9-15(20)19(11-12)14-7-5-13(6-8-14)10-18-16(21)22-17(2,3)4;1-3-10(2)4-5-11-6-8-12(13)9-7-11;12-9-4-1-8(2-5-9)3-6-10-14-15-11(17-10)13-7-16;2*1-2/h5-8,12H,9-11H2,1-4H3,(H,18,21);1,6-10H,4-5H2,2H3;1-2,4-5,7H,3,6H2,(H,13,15,16);2*1-2H3. The first-order valence-corrected chi connectivity index (χ1v) is 20.7. The molecule has 1 aromatic heterocycles. The third-order valence-corrected chi connectivity index (χ3v) is 9.07. The zero-order chi connectivity index (χ0) is 42.1. The Balaban J connectivity index is 0.000000414. The topological polar surface area (TPSA) is 114 Å². The van der Waals surface area contributed by atoms with E-state index in [2.05, 4.69) is 40.6 Å². The molecule has 1 aliphatic rings. The molecule has 5 rings (SSSR count). The fraction of sp³-hybridized carbons (Fsp3) is 0.432. The number of nitrogens with one attached hydrogen (secondary N) is 2. The third kappa shape index (κ3) is 20.5. The minimum atomic E-state index is -0.499. The Morgan fingerprint density at radius 3 is 1.95 bits per heavy atom. The van der Waals surface area contributed by atoms with Crippen molar-refractivity contribution in [1.82, 2.24) is 15.5 Å². The van der Waals surface area contributed by atoms with Gasteiger partial charge in [0.15, 0.2) is 0 Å². The fourth-order valence-electron chi connectivity index (χ4n) is 4.90. The number of amides is 3. The lowest BCUT2D eigenvalue weighted by molar-refractivity contribution is -0.117. The largest absolute Gasteiger partial charge is 0.444 e. The van der Waals surface area contributed by atoms with Crippen LogP contribution in [0.25, 0.3) is 0 Å². The second-order valence-electron chi connectivity index (χ2n) is 13.5. The molecule has 304 valence electrons. The van der Waals surface area contributed by atoms with Crippen LogP contribution in [-0.4, -0.2) is 40.8 Å². The molecule has 0 aliphatic carbocycles. The second-order valence-corrected chi connectivity index (χ2v) is 15.4. The third-order valence-electron chi connectivity index (χ3n) is 7.66. The molecule has 2 heterocycles. The minimum Gasteiger partial charge on any atom is -0.444 e. The quantitative estimate of drug-likeness (QED) is 0.115. The lowest BCUT2D eigenvalue weighted by Crippen LogP contribution is -2.32. The lowest BCUT2D eigenvalue weighted by Gasteiger charge is -2.20. The van der Waals surface area contributed by atoms with Gasteiger partial charge in [-0.05, 0) is 99.0 Å². The van der Waals surface area contributed by atoms with Crippen molar-refractivity contribution in [2.24, 2.45) is 11.8 Å². The number of benzene rings is 3. The zero-order valence-electron chi connectivity index (χ0n) is 34.3. The van der Waals surface area contributed by atoms with Crippen LogP contribution in [0.4, 0.5) is 15.6 Å². The number of rotatable bonds is 11. The summed E-state index contributed by atoms with van der Waals surface area (Å²) in [6, 6.07) is 23.3. The highest BCUT2D eigenvalue weighted by atomic mass is 35.5. The monoisotopic (exact) mass is 823 g/mol. The summed E-state index contributed by atoms with van der Waals surface area (Å²) in [5, 5.41) is 16.0. The smallest absolute Gasteiger partial charge is 0.407 e. The van der Waals surface area contributed by atoms with Gasteiger partial charge in [-0.15, -0.1) is 22.5 Å². The predicted molar refractivity (Wildman–Crippen MR) is 235 cm³/mol. The summed E-state index contributed by atoms with van der Waals surface area (Å²) in [7, 11) is 0. The van der Waals surface area contributed by atoms with Crippen LogP contribution >= 0.6 is 34.5 Å². The molecule has 0 saturated carbocycles. The Hall–Kier alpha value is -4.43. The summed E-state index contributed by atoms with van der Waals surface area (Å²) < 4.78 is 5.19. The molecule has 2 atom stereocenters. The highest BCUT2D eigenvalue weighted by molar-refractivity contribution is 7.15. The van der Waals surface area contributed by atoms with E-state index in [1.165, 1.54) is 22.5 Å². The molecule has 2 N–H and O–H groups in total. The number of terminal acetylenes is 1. The molecule has 0 radical (unpaired) electrons. The van der Waals surface area contributed by atoms with Gasteiger partial charge in [-0.2, -0.15) is 0 Å². The van der Waals surface area contributed by atoms with Gasteiger partial charge in [-0.3, -0.25) is 9.59 Å². The van der Waals surface area contributed by atoms with E-state index in [4.69, 9.17) is 34.4 Å². The van der Waals surface area contributed by atoms with Crippen molar-refractivity contribution in [1.29, 1.82) is 0 Å². The van der Waals surface area contributed by atoms with E-state index in [0.717, 1.165) is 58.5 Å². The van der Waals surface area contributed by atoms with Crippen molar-refractivity contribution >= 4 is 63.8 Å². The Morgan fingerprint density at radius 1 is 0.929 bits per heavy atom. The maximum atomic E-state index is 11.9. The van der Waals surface area contributed by atoms with Gasteiger partial charge in [0.05, 0.1) is 0 Å². The van der Waals surface area contributed by atoms with Crippen LogP contribution in [0.1, 0.15) is 96.9 Å². The first kappa shape index (κ1) is 49.6. The van der Waals surface area contributed by atoms with E-state index in [0.29, 0.717) is 36.3 Å². The molecule has 3 aromatic carbocycles. The second kappa shape index (κ2) is 27.2. The minimum absolute atomic E-state index is 0.173. The lowest BCUT2D eigenvalue weighted by atomic mass is 10.0. The van der Waals surface area contributed by atoms with E-state index >= 15 is 0 Å². The first-order chi connectivity index (χ1) is 26.7. The molecular weight excluding hydrogens is 765 g/mol. The molecule has 4 aromatic rings. The molecule has 1 saturated heterocycles. The molecule has 0 bridgehead atoms. The van der Waals surface area contributed by atoms with E-state index in [9.17, 15) is 14.4 Å². The maximum Gasteiger partial charge on any atom is 0.407 e. The van der Waals surface area contributed by atoms with Crippen molar-refractivity contribution in [2.45, 2.75) is 107 Å². The first-order valence-electron chi connectivity index (χ1n) is 19.1. The Morgan fingerprint density at radius 2 is 1.46 bits per heavy atom. The maximum absolute atomic E-state index is 11.9. The van der Waals surface area contributed by atoms with Crippen molar-refractivity contribution in [3.05, 3.63) is 105 Å². The van der Waals surface area contributed by atoms with Gasteiger partial charge in [0.2, 0.25) is 17.4 Å². The van der Waals surface area contributed by atoms with Gasteiger partial charge in [0.25, 0.3) is 0 Å². The number of hydrogen-bond donors (Lipinski definition) is 2. The Labute approximate surface area is 348 Å². The van der Waals surface area contributed by atoms with Crippen LogP contribution in [0.5, 0.6) is 0 Å². The fourth-order valence-corrected chi connectivity index (χ4v) is 5.85. The van der Waals surface area contributed by atoms with Gasteiger partial charge < -0.3 is 20.3 Å². The number of aryl methyl sites for hydroxylation is 3. The molecular formula is C44H59Cl2N5O4S. The molecule has 1 fully saturated rings. The predicted octanol–water partition coefficient (Wildman–Crippen LogP) is 11.2. The van der Waals surface area contributed by atoms with Crippen molar-refractivity contribution in [2.75, 3.05) is 16.8 Å². The normalized spacial score (nSPS) is 13.4. The summed E-state index contributed by atoms with van der Waals surface area (Å²) in [4.78, 5) is 35.5. The molecule has 1 aliphatic heterocycles. The number of carbonyl (C=O) groups excluding carboxylic acids is 3. The highest BCUT2D eigenvalue weighted by Gasteiger charge is 2.27. The number of nitrogens with zero attached hydrogens (tertiary/aromatic N) is 3. The van der Waals surface area contributed by atoms with Crippen LogP contribution in [0, 0.1) is 24.2 Å². The number of aromatic nitrogens is 2. The van der Waals surface area contributed by atoms with Crippen LogP contribution in [-0.2, 0) is 40.1 Å². The van der Waals surface area contributed by atoms with Gasteiger partial charge in [0.1, 0.15) is 10.6 Å². The SMILES string of the molecule is C#CC(C)CCc1ccc(Cl)cc1.CC.CC.CC1CC(=O)N(c2ccc(CNC(=O)OC(C)(C)C)cc2)C1.O=CNc1nnc(CCc2ccc(Cl)cc2)s1. The number of anilines is 2. The Kier molecular flexibility index (Phi) is 24.1. The average molecular weight is 825 g/mol. The molecule has 12 heteroatoms. The van der Waals surface area contributed by atoms with Gasteiger partial charge in [-0.25, -0.2) is 4.79 Å². The summed E-state index contributed by atoms with van der Waals surface area (Å²) in [5.41, 5.74) is 3.88.